The summed E-state index contributed by atoms with van der Waals surface area (Å²) in [4.78, 5) is 51.7. The van der Waals surface area contributed by atoms with Gasteiger partial charge in [-0.2, -0.15) is 0 Å². The van der Waals surface area contributed by atoms with E-state index in [2.05, 4.69) is 4.74 Å². The molecule has 1 aromatic rings. The van der Waals surface area contributed by atoms with Crippen molar-refractivity contribution in [2.75, 3.05) is 53.2 Å². The van der Waals surface area contributed by atoms with Gasteiger partial charge in [-0.1, -0.05) is 11.6 Å². The summed E-state index contributed by atoms with van der Waals surface area (Å²) in [6, 6.07) is 3.10. The molecular weight excluding hydrogens is 476 g/mol. The van der Waals surface area contributed by atoms with E-state index in [1.165, 1.54) is 19.3 Å². The number of carbonyl (C=O) groups is 4. The van der Waals surface area contributed by atoms with Gasteiger partial charge in [-0.3, -0.25) is 19.3 Å². The van der Waals surface area contributed by atoms with Gasteiger partial charge in [-0.25, -0.2) is 4.79 Å². The molecule has 0 bridgehead atoms. The van der Waals surface area contributed by atoms with Gasteiger partial charge in [0.2, 0.25) is 5.91 Å². The minimum absolute atomic E-state index is 0.150. The Morgan fingerprint density at radius 3 is 2.61 bits per heavy atom. The lowest BCUT2D eigenvalue weighted by molar-refractivity contribution is -0.143. The zero-order valence-corrected chi connectivity index (χ0v) is 19.7. The quantitative estimate of drug-likeness (QED) is 0.393. The zero-order chi connectivity index (χ0) is 24.0. The molecule has 2 aliphatic heterocycles. The summed E-state index contributed by atoms with van der Waals surface area (Å²) in [5, 5.41) is -0.375. The van der Waals surface area contributed by atoms with Crippen LogP contribution in [0.4, 0.5) is 4.79 Å². The van der Waals surface area contributed by atoms with Crippen LogP contribution in [0, 0.1) is 0 Å². The summed E-state index contributed by atoms with van der Waals surface area (Å²) < 4.78 is 20.7. The van der Waals surface area contributed by atoms with Gasteiger partial charge in [0.15, 0.2) is 18.1 Å². The third-order valence-corrected chi connectivity index (χ3v) is 5.91. The van der Waals surface area contributed by atoms with Gasteiger partial charge >= 0.3 is 5.97 Å². The van der Waals surface area contributed by atoms with E-state index in [0.29, 0.717) is 38.5 Å². The van der Waals surface area contributed by atoms with E-state index < -0.39 is 17.1 Å². The number of methoxy groups -OCH3 is 1. The number of rotatable bonds is 8. The van der Waals surface area contributed by atoms with Crippen LogP contribution in [-0.2, 0) is 23.9 Å². The second-order valence-corrected chi connectivity index (χ2v) is 8.29. The monoisotopic (exact) mass is 498 g/mol. The molecule has 33 heavy (non-hydrogen) atoms. The normalized spacial score (nSPS) is 17.5. The van der Waals surface area contributed by atoms with Crippen molar-refractivity contribution < 1.29 is 38.1 Å². The van der Waals surface area contributed by atoms with Crippen LogP contribution in [-0.4, -0.2) is 86.0 Å². The number of hydrogen-bond donors (Lipinski definition) is 0. The van der Waals surface area contributed by atoms with Crippen LogP contribution >= 0.6 is 23.4 Å². The average molecular weight is 499 g/mol. The summed E-state index contributed by atoms with van der Waals surface area (Å²) in [7, 11) is 1.24. The molecule has 0 spiro atoms. The summed E-state index contributed by atoms with van der Waals surface area (Å²) in [6.07, 6.45) is 1.49. The SMILES string of the molecule is CCOc1cc(/C=C2\SC(=O)N(CC(=O)N3CCOCC3)C2=O)cc(Cl)c1OCC(=O)OC. The van der Waals surface area contributed by atoms with Crippen molar-refractivity contribution in [1.82, 2.24) is 9.80 Å². The molecule has 2 aliphatic rings. The van der Waals surface area contributed by atoms with Crippen LogP contribution in [0.2, 0.25) is 5.02 Å². The van der Waals surface area contributed by atoms with Crippen LogP contribution < -0.4 is 9.47 Å². The van der Waals surface area contributed by atoms with Crippen molar-refractivity contribution in [1.29, 1.82) is 0 Å². The number of amides is 3. The Labute approximate surface area is 199 Å². The third-order valence-electron chi connectivity index (χ3n) is 4.72. The molecule has 0 atom stereocenters. The van der Waals surface area contributed by atoms with E-state index in [9.17, 15) is 19.2 Å². The van der Waals surface area contributed by atoms with Crippen molar-refractivity contribution in [2.24, 2.45) is 0 Å². The zero-order valence-electron chi connectivity index (χ0n) is 18.1. The number of ether oxygens (including phenoxy) is 4. The van der Waals surface area contributed by atoms with Crippen LogP contribution in [0.25, 0.3) is 6.08 Å². The van der Waals surface area contributed by atoms with E-state index in [1.807, 2.05) is 0 Å². The number of nitrogens with zero attached hydrogens (tertiary/aromatic N) is 2. The molecule has 2 fully saturated rings. The van der Waals surface area contributed by atoms with Gasteiger partial charge in [0.25, 0.3) is 11.1 Å². The molecule has 0 aliphatic carbocycles. The first-order chi connectivity index (χ1) is 15.8. The number of morpholine rings is 1. The van der Waals surface area contributed by atoms with Gasteiger partial charge in [-0.05, 0) is 42.5 Å². The third kappa shape index (κ3) is 6.18. The fourth-order valence-electron chi connectivity index (χ4n) is 3.10. The Morgan fingerprint density at radius 1 is 1.21 bits per heavy atom. The summed E-state index contributed by atoms with van der Waals surface area (Å²) >= 11 is 7.05. The topological polar surface area (TPSA) is 112 Å². The molecule has 1 aromatic carbocycles. The molecule has 2 heterocycles. The van der Waals surface area contributed by atoms with Gasteiger partial charge in [0.05, 0.1) is 36.9 Å². The fraction of sp³-hybridized carbons (Fsp3) is 0.429. The highest BCUT2D eigenvalue weighted by molar-refractivity contribution is 8.18. The number of thioether (sulfide) groups is 1. The molecule has 3 amide bonds. The predicted octanol–water partition coefficient (Wildman–Crippen LogP) is 2.19. The van der Waals surface area contributed by atoms with E-state index in [4.69, 9.17) is 25.8 Å². The lowest BCUT2D eigenvalue weighted by Gasteiger charge is -2.28. The molecule has 0 saturated carbocycles. The summed E-state index contributed by atoms with van der Waals surface area (Å²) in [5.41, 5.74) is 0.485. The maximum absolute atomic E-state index is 12.8. The Hall–Kier alpha value is -2.76. The first-order valence-electron chi connectivity index (χ1n) is 10.1. The number of halogens is 1. The largest absolute Gasteiger partial charge is 0.490 e. The van der Waals surface area contributed by atoms with Gasteiger partial charge < -0.3 is 23.8 Å². The molecule has 0 unspecified atom stereocenters. The lowest BCUT2D eigenvalue weighted by atomic mass is 10.1. The minimum Gasteiger partial charge on any atom is -0.490 e. The highest BCUT2D eigenvalue weighted by atomic mass is 35.5. The maximum atomic E-state index is 12.8. The van der Waals surface area contributed by atoms with E-state index in [-0.39, 0.29) is 40.5 Å². The Balaban J connectivity index is 1.77. The van der Waals surface area contributed by atoms with Crippen molar-refractivity contribution in [3.05, 3.63) is 27.6 Å². The predicted molar refractivity (Wildman–Crippen MR) is 120 cm³/mol. The summed E-state index contributed by atoms with van der Waals surface area (Å²) in [5.74, 6) is -1.03. The molecule has 0 aromatic heterocycles. The molecule has 10 nitrogen and oxygen atoms in total. The second kappa shape index (κ2) is 11.4. The van der Waals surface area contributed by atoms with E-state index in [0.717, 1.165) is 16.7 Å². The fourth-order valence-corrected chi connectivity index (χ4v) is 4.21. The van der Waals surface area contributed by atoms with Crippen molar-refractivity contribution in [2.45, 2.75) is 6.92 Å². The molecule has 3 rings (SSSR count). The lowest BCUT2D eigenvalue weighted by Crippen LogP contribution is -2.46. The molecule has 0 radical (unpaired) electrons. The van der Waals surface area contributed by atoms with Crippen molar-refractivity contribution in [3.63, 3.8) is 0 Å². The van der Waals surface area contributed by atoms with Crippen LogP contribution in [0.3, 0.4) is 0 Å². The summed E-state index contributed by atoms with van der Waals surface area (Å²) in [6.45, 7) is 3.09. The highest BCUT2D eigenvalue weighted by Gasteiger charge is 2.37. The molecule has 2 saturated heterocycles. The Bertz CT molecular complexity index is 977. The average Bonchev–Trinajstić information content (AvgIpc) is 3.06. The number of esters is 1. The van der Waals surface area contributed by atoms with E-state index >= 15 is 0 Å². The van der Waals surface area contributed by atoms with Gasteiger partial charge in [-0.15, -0.1) is 0 Å². The number of benzene rings is 1. The van der Waals surface area contributed by atoms with Crippen LogP contribution in [0.1, 0.15) is 12.5 Å². The first-order valence-corrected chi connectivity index (χ1v) is 11.3. The van der Waals surface area contributed by atoms with E-state index in [1.54, 1.807) is 17.9 Å². The molecule has 0 N–H and O–H groups in total. The standard InChI is InChI=1S/C21H23ClN2O8S/c1-3-31-15-9-13(8-14(22)19(15)32-12-18(26)29-2)10-16-20(27)24(21(28)33-16)11-17(25)23-4-6-30-7-5-23/h8-10H,3-7,11-12H2,1-2H3/b16-10-. The molecule has 12 heteroatoms. The highest BCUT2D eigenvalue weighted by Crippen LogP contribution is 2.39. The van der Waals surface area contributed by atoms with Crippen molar-refractivity contribution >= 4 is 52.5 Å². The maximum Gasteiger partial charge on any atom is 0.343 e. The first kappa shape index (κ1) is 24.9. The number of carbonyl (C=O) groups excluding carboxylic acids is 4. The van der Waals surface area contributed by atoms with Crippen LogP contribution in [0.5, 0.6) is 11.5 Å². The number of imide groups is 1. The molecular formula is C21H23ClN2O8S. The number of hydrogen-bond acceptors (Lipinski definition) is 9. The van der Waals surface area contributed by atoms with Gasteiger partial charge in [0.1, 0.15) is 6.54 Å². The molecule has 178 valence electrons. The second-order valence-electron chi connectivity index (χ2n) is 6.89. The van der Waals surface area contributed by atoms with Crippen molar-refractivity contribution in [3.8, 4) is 11.5 Å². The van der Waals surface area contributed by atoms with Gasteiger partial charge in [0, 0.05) is 13.1 Å². The Morgan fingerprint density at radius 2 is 1.94 bits per heavy atom. The Kier molecular flexibility index (Phi) is 8.59. The smallest absolute Gasteiger partial charge is 0.343 e. The minimum atomic E-state index is -0.585. The van der Waals surface area contributed by atoms with Crippen LogP contribution in [0.15, 0.2) is 17.0 Å².